The Hall–Kier alpha value is -1.80. The molecule has 0 aromatic heterocycles. The third-order valence-electron chi connectivity index (χ3n) is 2.83. The van der Waals surface area contributed by atoms with E-state index in [4.69, 9.17) is 5.73 Å². The average Bonchev–Trinajstić information content (AvgIpc) is 2.39. The number of anilines is 1. The second-order valence-corrected chi connectivity index (χ2v) is 4.21. The van der Waals surface area contributed by atoms with Crippen molar-refractivity contribution in [2.75, 3.05) is 11.9 Å². The topological polar surface area (TPSA) is 38.0 Å². The molecule has 2 rings (SSSR count). The predicted molar refractivity (Wildman–Crippen MR) is 73.0 cm³/mol. The van der Waals surface area contributed by atoms with Gasteiger partial charge in [0.1, 0.15) is 0 Å². The van der Waals surface area contributed by atoms with E-state index in [1.54, 1.807) is 0 Å². The zero-order valence-electron chi connectivity index (χ0n) is 10.1. The summed E-state index contributed by atoms with van der Waals surface area (Å²) in [5.74, 6) is 0. The van der Waals surface area contributed by atoms with E-state index in [9.17, 15) is 0 Å². The highest BCUT2D eigenvalue weighted by atomic mass is 14.9. The lowest BCUT2D eigenvalue weighted by Gasteiger charge is -2.18. The zero-order chi connectivity index (χ0) is 12.1. The molecule has 2 aromatic carbocycles. The Labute approximate surface area is 102 Å². The van der Waals surface area contributed by atoms with Crippen molar-refractivity contribution in [2.24, 2.45) is 5.73 Å². The number of rotatable bonds is 4. The minimum atomic E-state index is 0.166. The Morgan fingerprint density at radius 3 is 2.24 bits per heavy atom. The fraction of sp³-hybridized carbons (Fsp3) is 0.200. The maximum atomic E-state index is 5.82. The molecule has 0 bridgehead atoms. The van der Waals surface area contributed by atoms with Gasteiger partial charge in [-0.15, -0.1) is 0 Å². The van der Waals surface area contributed by atoms with Gasteiger partial charge in [0.25, 0.3) is 0 Å². The average molecular weight is 226 g/mol. The highest BCUT2D eigenvalue weighted by molar-refractivity contribution is 5.46. The van der Waals surface area contributed by atoms with Crippen LogP contribution in [-0.4, -0.2) is 6.54 Å². The summed E-state index contributed by atoms with van der Waals surface area (Å²) in [6.45, 7) is 2.67. The number of hydrogen-bond acceptors (Lipinski definition) is 2. The molecule has 0 fully saturated rings. The summed E-state index contributed by atoms with van der Waals surface area (Å²) in [5, 5.41) is 3.45. The molecular weight excluding hydrogens is 208 g/mol. The first kappa shape index (κ1) is 11.7. The molecule has 2 aromatic rings. The first-order valence-corrected chi connectivity index (χ1v) is 5.88. The van der Waals surface area contributed by atoms with Crippen LogP contribution in [-0.2, 0) is 0 Å². The first-order valence-electron chi connectivity index (χ1n) is 5.88. The van der Waals surface area contributed by atoms with Crippen molar-refractivity contribution in [3.8, 4) is 0 Å². The van der Waals surface area contributed by atoms with Gasteiger partial charge in [-0.1, -0.05) is 48.0 Å². The van der Waals surface area contributed by atoms with Crippen LogP contribution in [0.1, 0.15) is 17.2 Å². The van der Waals surface area contributed by atoms with Gasteiger partial charge in [0.15, 0.2) is 0 Å². The predicted octanol–water partition coefficient (Wildman–Crippen LogP) is 3.11. The molecular formula is C15H18N2. The molecule has 0 saturated heterocycles. The minimum absolute atomic E-state index is 0.166. The third-order valence-corrected chi connectivity index (χ3v) is 2.83. The number of hydrogen-bond donors (Lipinski definition) is 2. The van der Waals surface area contributed by atoms with Crippen LogP contribution >= 0.6 is 0 Å². The van der Waals surface area contributed by atoms with Crippen LogP contribution in [0.5, 0.6) is 0 Å². The third kappa shape index (κ3) is 3.08. The van der Waals surface area contributed by atoms with Crippen molar-refractivity contribution >= 4 is 5.69 Å². The molecule has 0 aliphatic heterocycles. The molecule has 0 radical (unpaired) electrons. The Bertz CT molecular complexity index is 448. The van der Waals surface area contributed by atoms with Gasteiger partial charge in [0, 0.05) is 12.2 Å². The molecule has 2 heteroatoms. The van der Waals surface area contributed by atoms with Gasteiger partial charge in [-0.05, 0) is 24.6 Å². The lowest BCUT2D eigenvalue weighted by atomic mass is 10.1. The first-order chi connectivity index (χ1) is 8.29. The van der Waals surface area contributed by atoms with E-state index in [-0.39, 0.29) is 6.04 Å². The monoisotopic (exact) mass is 226 g/mol. The Kier molecular flexibility index (Phi) is 3.78. The summed E-state index contributed by atoms with van der Waals surface area (Å²) in [5.41, 5.74) is 9.41. The molecule has 17 heavy (non-hydrogen) atoms. The van der Waals surface area contributed by atoms with E-state index >= 15 is 0 Å². The van der Waals surface area contributed by atoms with Crippen molar-refractivity contribution < 1.29 is 0 Å². The summed E-state index contributed by atoms with van der Waals surface area (Å²) in [6.07, 6.45) is 0. The van der Waals surface area contributed by atoms with E-state index in [1.807, 2.05) is 18.2 Å². The van der Waals surface area contributed by atoms with Gasteiger partial charge in [-0.2, -0.15) is 0 Å². The lowest BCUT2D eigenvalue weighted by molar-refractivity contribution is 0.790. The number of benzene rings is 2. The quantitative estimate of drug-likeness (QED) is 0.840. The molecule has 0 saturated carbocycles. The largest absolute Gasteiger partial charge is 0.377 e. The van der Waals surface area contributed by atoms with Crippen LogP contribution < -0.4 is 11.1 Å². The molecule has 0 aliphatic carbocycles. The molecule has 0 amide bonds. The van der Waals surface area contributed by atoms with Gasteiger partial charge in [0.05, 0.1) is 6.04 Å². The number of aryl methyl sites for hydroxylation is 1. The molecule has 1 atom stereocenters. The standard InChI is InChI=1S/C15H18N2/c1-12-7-9-14(10-8-12)17-15(11-16)13-5-3-2-4-6-13/h2-10,15,17H,11,16H2,1H3. The van der Waals surface area contributed by atoms with Gasteiger partial charge in [0.2, 0.25) is 0 Å². The molecule has 0 aliphatic rings. The Morgan fingerprint density at radius 2 is 1.65 bits per heavy atom. The highest BCUT2D eigenvalue weighted by Crippen LogP contribution is 2.18. The number of nitrogens with one attached hydrogen (secondary N) is 1. The second kappa shape index (κ2) is 5.51. The molecule has 3 N–H and O–H groups in total. The molecule has 2 nitrogen and oxygen atoms in total. The molecule has 0 spiro atoms. The van der Waals surface area contributed by atoms with E-state index in [2.05, 4.69) is 48.6 Å². The second-order valence-electron chi connectivity index (χ2n) is 4.21. The summed E-state index contributed by atoms with van der Waals surface area (Å²) in [6, 6.07) is 18.8. The smallest absolute Gasteiger partial charge is 0.0636 e. The van der Waals surface area contributed by atoms with Crippen LogP contribution in [0, 0.1) is 6.92 Å². The molecule has 0 heterocycles. The maximum Gasteiger partial charge on any atom is 0.0636 e. The van der Waals surface area contributed by atoms with Crippen molar-refractivity contribution in [2.45, 2.75) is 13.0 Å². The molecule has 88 valence electrons. The van der Waals surface area contributed by atoms with Crippen LogP contribution in [0.4, 0.5) is 5.69 Å². The van der Waals surface area contributed by atoms with Gasteiger partial charge in [-0.3, -0.25) is 0 Å². The summed E-state index contributed by atoms with van der Waals surface area (Å²) >= 11 is 0. The summed E-state index contributed by atoms with van der Waals surface area (Å²) < 4.78 is 0. The van der Waals surface area contributed by atoms with Crippen LogP contribution in [0.15, 0.2) is 54.6 Å². The Balaban J connectivity index is 2.13. The van der Waals surface area contributed by atoms with Crippen molar-refractivity contribution in [1.82, 2.24) is 0 Å². The number of nitrogens with two attached hydrogens (primary N) is 1. The SMILES string of the molecule is Cc1ccc(NC(CN)c2ccccc2)cc1. The van der Waals surface area contributed by atoms with Crippen LogP contribution in [0.2, 0.25) is 0 Å². The maximum absolute atomic E-state index is 5.82. The van der Waals surface area contributed by atoms with E-state index in [0.717, 1.165) is 5.69 Å². The fourth-order valence-corrected chi connectivity index (χ4v) is 1.81. The summed E-state index contributed by atoms with van der Waals surface area (Å²) in [7, 11) is 0. The lowest BCUT2D eigenvalue weighted by Crippen LogP contribution is -2.20. The normalized spacial score (nSPS) is 12.1. The van der Waals surface area contributed by atoms with Crippen LogP contribution in [0.25, 0.3) is 0 Å². The fourth-order valence-electron chi connectivity index (χ4n) is 1.81. The summed E-state index contributed by atoms with van der Waals surface area (Å²) in [4.78, 5) is 0. The van der Waals surface area contributed by atoms with E-state index in [0.29, 0.717) is 6.54 Å². The van der Waals surface area contributed by atoms with Crippen molar-refractivity contribution in [1.29, 1.82) is 0 Å². The van der Waals surface area contributed by atoms with Gasteiger partial charge in [-0.25, -0.2) is 0 Å². The zero-order valence-corrected chi connectivity index (χ0v) is 10.1. The highest BCUT2D eigenvalue weighted by Gasteiger charge is 2.08. The van der Waals surface area contributed by atoms with E-state index < -0.39 is 0 Å². The van der Waals surface area contributed by atoms with E-state index in [1.165, 1.54) is 11.1 Å². The van der Waals surface area contributed by atoms with Crippen LogP contribution in [0.3, 0.4) is 0 Å². The molecule has 1 unspecified atom stereocenters. The van der Waals surface area contributed by atoms with Crippen molar-refractivity contribution in [3.05, 3.63) is 65.7 Å². The Morgan fingerprint density at radius 1 is 1.00 bits per heavy atom. The minimum Gasteiger partial charge on any atom is -0.377 e. The van der Waals surface area contributed by atoms with Gasteiger partial charge < -0.3 is 11.1 Å². The van der Waals surface area contributed by atoms with Crippen molar-refractivity contribution in [3.63, 3.8) is 0 Å². The van der Waals surface area contributed by atoms with Gasteiger partial charge >= 0.3 is 0 Å².